The Labute approximate surface area is 161 Å². The van der Waals surface area contributed by atoms with E-state index in [2.05, 4.69) is 46.9 Å². The fourth-order valence-electron chi connectivity index (χ4n) is 2.41. The van der Waals surface area contributed by atoms with Crippen LogP contribution in [0, 0.1) is 0 Å². The van der Waals surface area contributed by atoms with E-state index in [0.717, 1.165) is 11.3 Å². The van der Waals surface area contributed by atoms with Crippen molar-refractivity contribution in [2.75, 3.05) is 12.8 Å². The number of tetrazole rings is 1. The quantitative estimate of drug-likeness (QED) is 0.580. The van der Waals surface area contributed by atoms with Crippen LogP contribution in [0.1, 0.15) is 30.9 Å². The molecular formula is C18H21N5OS2. The predicted octanol–water partition coefficient (Wildman–Crippen LogP) is 3.60. The number of thiophene rings is 1. The molecule has 0 aliphatic carbocycles. The van der Waals surface area contributed by atoms with Crippen LogP contribution in [0.25, 0.3) is 5.69 Å². The van der Waals surface area contributed by atoms with Crippen molar-refractivity contribution in [2.45, 2.75) is 31.5 Å². The van der Waals surface area contributed by atoms with Gasteiger partial charge in [0.15, 0.2) is 0 Å². The summed E-state index contributed by atoms with van der Waals surface area (Å²) < 4.78 is 1.67. The highest BCUT2D eigenvalue weighted by Crippen LogP contribution is 2.21. The lowest BCUT2D eigenvalue weighted by atomic mass is 10.0. The molecule has 0 N–H and O–H groups in total. The molecule has 1 amide bonds. The third-order valence-electron chi connectivity index (χ3n) is 4.00. The lowest BCUT2D eigenvalue weighted by molar-refractivity contribution is -0.127. The average molecular weight is 388 g/mol. The molecule has 0 aliphatic rings. The van der Waals surface area contributed by atoms with E-state index in [-0.39, 0.29) is 5.91 Å². The minimum Gasteiger partial charge on any atom is -0.341 e. The summed E-state index contributed by atoms with van der Waals surface area (Å²) in [5.74, 6) is 0.819. The van der Waals surface area contributed by atoms with Gasteiger partial charge in [0.05, 0.1) is 11.4 Å². The number of hydrogen-bond acceptors (Lipinski definition) is 6. The van der Waals surface area contributed by atoms with Crippen molar-refractivity contribution in [3.05, 3.63) is 52.2 Å². The summed E-state index contributed by atoms with van der Waals surface area (Å²) in [6.45, 7) is 4.93. The van der Waals surface area contributed by atoms with Crippen LogP contribution in [0.5, 0.6) is 0 Å². The first-order chi connectivity index (χ1) is 12.5. The second-order valence-corrected chi connectivity index (χ2v) is 8.01. The van der Waals surface area contributed by atoms with Gasteiger partial charge >= 0.3 is 0 Å². The molecule has 0 aliphatic heterocycles. The normalized spacial score (nSPS) is 11.1. The molecule has 136 valence electrons. The Morgan fingerprint density at radius 1 is 1.27 bits per heavy atom. The molecule has 0 unspecified atom stereocenters. The van der Waals surface area contributed by atoms with Crippen LogP contribution < -0.4 is 0 Å². The second-order valence-electron chi connectivity index (χ2n) is 6.29. The number of aromatic nitrogens is 4. The molecule has 3 rings (SSSR count). The number of benzene rings is 1. The van der Waals surface area contributed by atoms with Gasteiger partial charge in [-0.2, -0.15) is 16.0 Å². The fourth-order valence-corrected chi connectivity index (χ4v) is 3.90. The molecular weight excluding hydrogens is 366 g/mol. The van der Waals surface area contributed by atoms with Crippen LogP contribution >= 0.6 is 23.1 Å². The van der Waals surface area contributed by atoms with Gasteiger partial charge in [-0.1, -0.05) is 37.7 Å². The van der Waals surface area contributed by atoms with Crippen molar-refractivity contribution in [1.82, 2.24) is 25.1 Å². The van der Waals surface area contributed by atoms with Gasteiger partial charge in [-0.15, -0.1) is 5.10 Å². The van der Waals surface area contributed by atoms with Crippen LogP contribution in [0.4, 0.5) is 0 Å². The summed E-state index contributed by atoms with van der Waals surface area (Å²) in [7, 11) is 1.81. The molecule has 26 heavy (non-hydrogen) atoms. The van der Waals surface area contributed by atoms with E-state index >= 15 is 0 Å². The highest BCUT2D eigenvalue weighted by Gasteiger charge is 2.15. The van der Waals surface area contributed by atoms with Crippen LogP contribution in [0.3, 0.4) is 0 Å². The van der Waals surface area contributed by atoms with Gasteiger partial charge in [-0.05, 0) is 56.4 Å². The monoisotopic (exact) mass is 387 g/mol. The Bertz CT molecular complexity index is 843. The molecule has 0 atom stereocenters. The van der Waals surface area contributed by atoms with Gasteiger partial charge in [0.2, 0.25) is 11.1 Å². The molecule has 6 nitrogen and oxygen atoms in total. The molecule has 8 heteroatoms. The first-order valence-electron chi connectivity index (χ1n) is 8.31. The van der Waals surface area contributed by atoms with Gasteiger partial charge in [-0.25, -0.2) is 0 Å². The standard InChI is InChI=1S/C18H21N5OS2/c1-13(2)15-4-6-16(7-5-15)23-18(19-20-21-23)26-12-17(24)22(3)10-14-8-9-25-11-14/h4-9,11,13H,10,12H2,1-3H3. The van der Waals surface area contributed by atoms with Crippen LogP contribution in [0.2, 0.25) is 0 Å². The van der Waals surface area contributed by atoms with Crippen molar-refractivity contribution < 1.29 is 4.79 Å². The topological polar surface area (TPSA) is 63.9 Å². The van der Waals surface area contributed by atoms with E-state index in [1.807, 2.05) is 30.6 Å². The van der Waals surface area contributed by atoms with Crippen molar-refractivity contribution in [2.24, 2.45) is 0 Å². The number of nitrogens with zero attached hydrogens (tertiary/aromatic N) is 5. The van der Waals surface area contributed by atoms with Crippen molar-refractivity contribution in [3.63, 3.8) is 0 Å². The van der Waals surface area contributed by atoms with Gasteiger partial charge in [0, 0.05) is 13.6 Å². The van der Waals surface area contributed by atoms with E-state index in [1.165, 1.54) is 17.3 Å². The summed E-state index contributed by atoms with van der Waals surface area (Å²) in [5, 5.41) is 16.5. The van der Waals surface area contributed by atoms with Gasteiger partial charge in [0.1, 0.15) is 0 Å². The molecule has 0 fully saturated rings. The SMILES string of the molecule is CC(C)c1ccc(-n2nnnc2SCC(=O)N(C)Cc2ccsc2)cc1. The summed E-state index contributed by atoms with van der Waals surface area (Å²) >= 11 is 2.98. The fraction of sp³-hybridized carbons (Fsp3) is 0.333. The van der Waals surface area contributed by atoms with Crippen molar-refractivity contribution >= 4 is 29.0 Å². The molecule has 3 aromatic rings. The maximum absolute atomic E-state index is 12.4. The zero-order valence-corrected chi connectivity index (χ0v) is 16.6. The lowest BCUT2D eigenvalue weighted by Gasteiger charge is -2.16. The van der Waals surface area contributed by atoms with Crippen molar-refractivity contribution in [3.8, 4) is 5.69 Å². The molecule has 2 heterocycles. The first-order valence-corrected chi connectivity index (χ1v) is 10.2. The first kappa shape index (κ1) is 18.6. The van der Waals surface area contributed by atoms with Crippen LogP contribution in [-0.4, -0.2) is 43.8 Å². The zero-order chi connectivity index (χ0) is 18.5. The van der Waals surface area contributed by atoms with E-state index < -0.39 is 0 Å². The van der Waals surface area contributed by atoms with Crippen LogP contribution in [-0.2, 0) is 11.3 Å². The van der Waals surface area contributed by atoms with E-state index in [0.29, 0.717) is 23.4 Å². The smallest absolute Gasteiger partial charge is 0.233 e. The summed E-state index contributed by atoms with van der Waals surface area (Å²) in [4.78, 5) is 14.1. The highest BCUT2D eigenvalue weighted by atomic mass is 32.2. The maximum Gasteiger partial charge on any atom is 0.233 e. The van der Waals surface area contributed by atoms with E-state index in [1.54, 1.807) is 20.9 Å². The van der Waals surface area contributed by atoms with Gasteiger partial charge in [-0.3, -0.25) is 4.79 Å². The largest absolute Gasteiger partial charge is 0.341 e. The predicted molar refractivity (Wildman–Crippen MR) is 105 cm³/mol. The minimum atomic E-state index is 0.0471. The van der Waals surface area contributed by atoms with Gasteiger partial charge in [0.25, 0.3) is 0 Å². The number of carbonyl (C=O) groups is 1. The Balaban J connectivity index is 1.62. The summed E-state index contributed by atoms with van der Waals surface area (Å²) in [6, 6.07) is 10.2. The van der Waals surface area contributed by atoms with E-state index in [4.69, 9.17) is 0 Å². The molecule has 0 saturated heterocycles. The Hall–Kier alpha value is -2.19. The molecule has 1 aromatic carbocycles. The molecule has 0 saturated carbocycles. The van der Waals surface area contributed by atoms with E-state index in [9.17, 15) is 4.79 Å². The maximum atomic E-state index is 12.4. The van der Waals surface area contributed by atoms with Gasteiger partial charge < -0.3 is 4.90 Å². The minimum absolute atomic E-state index is 0.0471. The molecule has 2 aromatic heterocycles. The van der Waals surface area contributed by atoms with Crippen molar-refractivity contribution in [1.29, 1.82) is 0 Å². The highest BCUT2D eigenvalue weighted by molar-refractivity contribution is 7.99. The Morgan fingerprint density at radius 3 is 2.69 bits per heavy atom. The number of hydrogen-bond donors (Lipinski definition) is 0. The molecule has 0 spiro atoms. The number of rotatable bonds is 7. The Morgan fingerprint density at radius 2 is 2.04 bits per heavy atom. The third-order valence-corrected chi connectivity index (χ3v) is 5.63. The summed E-state index contributed by atoms with van der Waals surface area (Å²) in [6.07, 6.45) is 0. The Kier molecular flexibility index (Phi) is 6.05. The summed E-state index contributed by atoms with van der Waals surface area (Å²) in [5.41, 5.74) is 3.30. The lowest BCUT2D eigenvalue weighted by Crippen LogP contribution is -2.27. The molecule has 0 radical (unpaired) electrons. The average Bonchev–Trinajstić information content (AvgIpc) is 3.31. The second kappa shape index (κ2) is 8.46. The number of amides is 1. The van der Waals surface area contributed by atoms with Crippen LogP contribution in [0.15, 0.2) is 46.2 Å². The molecule has 0 bridgehead atoms. The third kappa shape index (κ3) is 4.50. The number of carbonyl (C=O) groups excluding carboxylic acids is 1. The number of thioether (sulfide) groups is 1. The zero-order valence-electron chi connectivity index (χ0n) is 15.0.